The van der Waals surface area contributed by atoms with E-state index in [1.54, 1.807) is 0 Å². The SMILES string of the molecule is CNC1CCN(CCNCCOCC([NH-])=O)C1.CNC1CCN(CCOCCCCC([NH-])=O)C1.[C-]#CCCCCOCCN1CC(CC)C1.[C-]#CCOCCNCCN1CC(CC)C1.[CH2-]C(=O)CC1(N(C)CCOCCN2CCC(CC)CC2)CNC1.[CH2-]C(=O)CC1(N(CCOCCN2CCC(CC)CC2)C(F)(F)F)CNC1.[CH2-]C(=O)CC1(OCCOCCN2CCC(CC)CC2)CNC1.[Y].[Y].[Y].[Y].[Y].[Y].[Y]. The number of ether oxygens (including phenoxy) is 8. The van der Waals surface area contributed by atoms with Gasteiger partial charge in [0.2, 0.25) is 0 Å². The van der Waals surface area contributed by atoms with Gasteiger partial charge in [-0.1, -0.05) is 66.7 Å². The molecule has 10 fully saturated rings. The van der Waals surface area contributed by atoms with Gasteiger partial charge in [-0.05, 0) is 223 Å². The molecule has 7 radical (unpaired) electrons. The summed E-state index contributed by atoms with van der Waals surface area (Å²) in [5.74, 6) is 7.48. The smallest absolute Gasteiger partial charge is 0.460 e. The molecule has 0 aromatic heterocycles. The number of hydrogen-bond acceptors (Lipinski definition) is 29. The number of likely N-dealkylation sites (tertiary alicyclic amines) is 7. The van der Waals surface area contributed by atoms with Gasteiger partial charge < -0.3 is 185 Å². The number of rotatable bonds is 64. The number of carbonyl (C=O) groups excluding carboxylic acids is 5. The van der Waals surface area contributed by atoms with E-state index in [4.69, 9.17) is 62.2 Å². The van der Waals surface area contributed by atoms with Gasteiger partial charge in [-0.25, -0.2) is 4.90 Å². The van der Waals surface area contributed by atoms with Crippen LogP contribution in [0.2, 0.25) is 0 Å². The molecular formula is C101H186F3N18O13Y7-7. The number of nitrogens with one attached hydrogen (secondary N) is 9. The molecule has 807 valence electrons. The van der Waals surface area contributed by atoms with Crippen molar-refractivity contribution in [2.75, 3.05) is 336 Å². The quantitative estimate of drug-likeness (QED) is 0.0133. The summed E-state index contributed by atoms with van der Waals surface area (Å²) in [5, 5.41) is 22.4. The minimum Gasteiger partial charge on any atom is -0.694 e. The van der Waals surface area contributed by atoms with E-state index in [0.717, 1.165) is 245 Å². The number of alkyl halides is 3. The van der Waals surface area contributed by atoms with E-state index in [-0.39, 0.29) is 291 Å². The number of amides is 2. The number of nitrogens with zero attached hydrogens (tertiary/aromatic N) is 9. The molecular weight excluding hydrogens is 2350 g/mol. The maximum atomic E-state index is 13.5. The van der Waals surface area contributed by atoms with Crippen molar-refractivity contribution >= 4 is 29.2 Å². The monoisotopic (exact) mass is 2540 g/mol. The van der Waals surface area contributed by atoms with Crippen molar-refractivity contribution in [1.29, 1.82) is 0 Å². The fraction of sp³-hybridized carbons (Fsp3) is 0.881. The first-order chi connectivity index (χ1) is 65.1. The predicted molar refractivity (Wildman–Crippen MR) is 532 cm³/mol. The molecule has 41 heteroatoms. The molecule has 0 bridgehead atoms. The molecule has 31 nitrogen and oxygen atoms in total. The standard InChI is InChI=1S/C18H31F3N3O2.C18H34N3O2.C17H31N2O3.C13H22NO.C12H25N3O2.C12H21N2O.C11H24N4O2.7Y/c1-3-16-4-6-23(7-5-16)8-10-26-11-9-24(18(19,20)21)17(12-15(2)25)13-22-14-17;1-4-17-5-7-21(8-6-17)10-12-23-11-9-20(3)18(13-16(2)22)14-19-15-18;1-3-16-4-6-19(7-5-16)8-9-21-10-11-22-17(12-15(2)20)13-18-14-17;1-3-5-6-7-9-15-10-8-14-11-13(4-2)12-14;1-14-11-5-6-15(10-11)7-9-17-8-3-2-4-12(13)16;1-3-8-15-9-6-13-5-7-14-10-12(4-2)11-14;1-13-10-2-5-15(8-10)6-3-14-4-7-17-9-11(12)16;;;;;;;/h16,22H,2-14H2,1H3;17,19H,2,4-15H2,1,3H3;16,18H,2-14H2,1H3;13H,4-12H2,2H3;11,14H,2-10H2,1H3,(H2,13,16);12-13H,4-11H2,2H3;10,13-14H,2-9H2,1H3,(H2,12,16);;;;;;;/q4*-1;;-1;;;;;;;;/p-2. The third-order valence-electron chi connectivity index (χ3n) is 28.1. The Hall–Kier alpha value is 3.24. The zero-order chi connectivity index (χ0) is 98.6. The third-order valence-corrected chi connectivity index (χ3v) is 28.1. The Morgan fingerprint density at radius 3 is 1.15 bits per heavy atom. The van der Waals surface area contributed by atoms with Crippen molar-refractivity contribution in [2.24, 2.45) is 29.6 Å². The Balaban J connectivity index is -0.000000783. The first kappa shape index (κ1) is 151. The fourth-order valence-electron chi connectivity index (χ4n) is 18.4. The molecule has 10 saturated heterocycles. The van der Waals surface area contributed by atoms with Crippen molar-refractivity contribution < 1.29 is 304 Å². The summed E-state index contributed by atoms with van der Waals surface area (Å²) in [6.07, 6.45) is 31.1. The normalized spacial score (nSPS) is 19.7. The summed E-state index contributed by atoms with van der Waals surface area (Å²) in [6.45, 7) is 61.3. The molecule has 2 unspecified atom stereocenters. The average molecular weight is 2540 g/mol. The van der Waals surface area contributed by atoms with Crippen molar-refractivity contribution in [3.63, 3.8) is 0 Å². The van der Waals surface area contributed by atoms with Crippen LogP contribution in [0.1, 0.15) is 176 Å². The molecule has 0 aromatic rings. The molecule has 0 aliphatic carbocycles. The molecule has 9 N–H and O–H groups in total. The summed E-state index contributed by atoms with van der Waals surface area (Å²) in [6, 6.07) is 1.28. The minimum atomic E-state index is -4.50. The fourth-order valence-corrected chi connectivity index (χ4v) is 18.4. The average Bonchev–Trinajstić information content (AvgIpc) is 0.776. The molecule has 2 amide bonds. The molecule has 10 aliphatic heterocycles. The van der Waals surface area contributed by atoms with Gasteiger partial charge in [-0.3, -0.25) is 9.80 Å². The zero-order valence-electron chi connectivity index (χ0n) is 89.2. The minimum absolute atomic E-state index is 0. The van der Waals surface area contributed by atoms with Gasteiger partial charge in [0.1, 0.15) is 0 Å². The van der Waals surface area contributed by atoms with E-state index in [1.165, 1.54) is 136 Å². The van der Waals surface area contributed by atoms with E-state index in [0.29, 0.717) is 82.5 Å². The first-order valence-electron chi connectivity index (χ1n) is 51.6. The van der Waals surface area contributed by atoms with Crippen LogP contribution in [0.25, 0.3) is 11.5 Å². The van der Waals surface area contributed by atoms with Crippen LogP contribution in [0.5, 0.6) is 0 Å². The van der Waals surface area contributed by atoms with Crippen LogP contribution in [0.15, 0.2) is 0 Å². The van der Waals surface area contributed by atoms with Crippen LogP contribution in [-0.4, -0.2) is 445 Å². The summed E-state index contributed by atoms with van der Waals surface area (Å²) < 4.78 is 84.3. The third kappa shape index (κ3) is 70.9. The van der Waals surface area contributed by atoms with Gasteiger partial charge >= 0.3 is 6.30 Å². The van der Waals surface area contributed by atoms with Gasteiger partial charge in [0.25, 0.3) is 0 Å². The molecule has 0 spiro atoms. The Morgan fingerprint density at radius 1 is 0.408 bits per heavy atom. The van der Waals surface area contributed by atoms with Crippen LogP contribution in [-0.2, 0) is 291 Å². The number of likely N-dealkylation sites (N-methyl/N-ethyl adjacent to an activating group) is 3. The van der Waals surface area contributed by atoms with Crippen molar-refractivity contribution in [3.8, 4) is 11.8 Å². The number of carbonyl (C=O) groups is 5. The van der Waals surface area contributed by atoms with Crippen LogP contribution >= 0.6 is 0 Å². The Labute approximate surface area is 1030 Å². The Kier molecular flexibility index (Phi) is 100. The Bertz CT molecular complexity index is 3040. The number of piperidine rings is 3. The molecule has 142 heavy (non-hydrogen) atoms. The Morgan fingerprint density at radius 2 is 0.782 bits per heavy atom. The van der Waals surface area contributed by atoms with Crippen LogP contribution in [0.3, 0.4) is 0 Å². The molecule has 0 saturated carbocycles. The summed E-state index contributed by atoms with van der Waals surface area (Å²) in [4.78, 5) is 74.3. The van der Waals surface area contributed by atoms with Gasteiger partial charge in [0.05, 0.1) is 103 Å². The molecule has 10 aliphatic rings. The largest absolute Gasteiger partial charge is 0.694 e. The molecule has 10 heterocycles. The van der Waals surface area contributed by atoms with E-state index in [1.807, 2.05) is 14.1 Å². The number of halogens is 3. The molecule has 2 atom stereocenters. The molecule has 10 rings (SSSR count). The van der Waals surface area contributed by atoms with Gasteiger partial charge in [0.15, 0.2) is 0 Å². The summed E-state index contributed by atoms with van der Waals surface area (Å²) in [5.41, 5.74) is 11.8. The van der Waals surface area contributed by atoms with Crippen molar-refractivity contribution in [1.82, 2.24) is 81.3 Å². The topological polar surface area (TPSA) is 320 Å². The number of unbranched alkanes of at least 4 members (excludes halogenated alkanes) is 3. The van der Waals surface area contributed by atoms with Gasteiger partial charge in [-0.2, -0.15) is 13.2 Å². The van der Waals surface area contributed by atoms with Crippen molar-refractivity contribution in [3.05, 3.63) is 45.1 Å². The van der Waals surface area contributed by atoms with E-state index in [9.17, 15) is 37.1 Å². The molecule has 0 aromatic carbocycles. The van der Waals surface area contributed by atoms with Crippen LogP contribution in [0.4, 0.5) is 13.2 Å². The number of Topliss-reactive ketones (excluding diaryl/α,β-unsaturated/α-hetero) is 3. The van der Waals surface area contributed by atoms with Crippen LogP contribution < -0.4 is 37.2 Å². The predicted octanol–water partition coefficient (Wildman–Crippen LogP) is 7.67. The van der Waals surface area contributed by atoms with E-state index in [2.05, 4.69) is 151 Å². The maximum Gasteiger partial charge on any atom is 0.460 e. The summed E-state index contributed by atoms with van der Waals surface area (Å²) in [7, 11) is 6.11. The zero-order valence-corrected chi connectivity index (χ0v) is 109. The van der Waals surface area contributed by atoms with E-state index < -0.39 is 29.4 Å². The second-order valence-electron chi connectivity index (χ2n) is 38.6. The van der Waals surface area contributed by atoms with Gasteiger partial charge in [-0.15, -0.1) is 0 Å². The maximum absolute atomic E-state index is 13.5. The second kappa shape index (κ2) is 94.2. The first-order valence-corrected chi connectivity index (χ1v) is 51.6. The van der Waals surface area contributed by atoms with Crippen molar-refractivity contribution in [2.45, 2.75) is 211 Å². The van der Waals surface area contributed by atoms with Gasteiger partial charge in [0, 0.05) is 436 Å². The van der Waals surface area contributed by atoms with Crippen LogP contribution in [0, 0.1) is 75.0 Å². The second-order valence-corrected chi connectivity index (χ2v) is 38.6. The number of ketones is 3. The van der Waals surface area contributed by atoms with E-state index >= 15 is 0 Å². The summed E-state index contributed by atoms with van der Waals surface area (Å²) >= 11 is 0. The number of hydrogen-bond donors (Lipinski definition) is 7.